The van der Waals surface area contributed by atoms with Gasteiger partial charge in [-0.3, -0.25) is 18.7 Å². The van der Waals surface area contributed by atoms with Gasteiger partial charge in [0.25, 0.3) is 5.56 Å². The summed E-state index contributed by atoms with van der Waals surface area (Å²) in [4.78, 5) is 42.6. The Bertz CT molecular complexity index is 1120. The number of aromatic nitrogens is 4. The van der Waals surface area contributed by atoms with Crippen molar-refractivity contribution in [1.82, 2.24) is 23.6 Å². The summed E-state index contributed by atoms with van der Waals surface area (Å²) in [7, 11) is 3.04. The number of nitrogens with zero attached hydrogens (tertiary/aromatic N) is 5. The summed E-state index contributed by atoms with van der Waals surface area (Å²) in [5, 5.41) is 0. The summed E-state index contributed by atoms with van der Waals surface area (Å²) in [6, 6.07) is 8.26. The van der Waals surface area contributed by atoms with Gasteiger partial charge in [-0.1, -0.05) is 29.8 Å². The number of rotatable bonds is 6. The molecule has 0 spiro atoms. The topological polar surface area (TPSA) is 82.1 Å². The largest absolute Gasteiger partial charge is 0.341 e. The van der Waals surface area contributed by atoms with Crippen molar-refractivity contribution in [2.24, 2.45) is 14.1 Å². The molecule has 148 valence electrons. The van der Waals surface area contributed by atoms with Crippen molar-refractivity contribution in [3.63, 3.8) is 0 Å². The summed E-state index contributed by atoms with van der Waals surface area (Å²) in [5.74, 6) is -0.0168. The number of fused-ring (bicyclic) bond motifs is 1. The average Bonchev–Trinajstić information content (AvgIpc) is 3.10. The third kappa shape index (κ3) is 3.76. The van der Waals surface area contributed by atoms with E-state index in [0.717, 1.165) is 11.0 Å². The van der Waals surface area contributed by atoms with Gasteiger partial charge < -0.3 is 9.47 Å². The predicted octanol–water partition coefficient (Wildman–Crippen LogP) is 0.833. The normalized spacial score (nSPS) is 11.1. The highest BCUT2D eigenvalue weighted by molar-refractivity contribution is 5.73. The minimum absolute atomic E-state index is 0.0168. The van der Waals surface area contributed by atoms with Gasteiger partial charge in [-0.2, -0.15) is 0 Å². The second-order valence-electron chi connectivity index (χ2n) is 7.06. The number of carbonyl (C=O) groups is 1. The Morgan fingerprint density at radius 1 is 1.07 bits per heavy atom. The van der Waals surface area contributed by atoms with E-state index in [1.807, 2.05) is 6.92 Å². The SMILES string of the molecule is CC(=O)N(CCc1ccc(C)cc1)CCn1cnc2c1c(=O)n(C)c(=O)n2C. The van der Waals surface area contributed by atoms with Crippen LogP contribution in [0, 0.1) is 6.92 Å². The lowest BCUT2D eigenvalue weighted by Gasteiger charge is -2.21. The number of amides is 1. The minimum atomic E-state index is -0.411. The first kappa shape index (κ1) is 19.6. The molecule has 8 heteroatoms. The number of hydrogen-bond donors (Lipinski definition) is 0. The fraction of sp³-hybridized carbons (Fsp3) is 0.400. The maximum atomic E-state index is 12.5. The van der Waals surface area contributed by atoms with Gasteiger partial charge in [-0.15, -0.1) is 0 Å². The summed E-state index contributed by atoms with van der Waals surface area (Å²) in [6.45, 7) is 5.07. The minimum Gasteiger partial charge on any atom is -0.341 e. The van der Waals surface area contributed by atoms with E-state index in [1.165, 1.54) is 22.7 Å². The second-order valence-corrected chi connectivity index (χ2v) is 7.06. The maximum Gasteiger partial charge on any atom is 0.332 e. The molecule has 0 saturated heterocycles. The van der Waals surface area contributed by atoms with Gasteiger partial charge >= 0.3 is 5.69 Å². The van der Waals surface area contributed by atoms with E-state index >= 15 is 0 Å². The van der Waals surface area contributed by atoms with Gasteiger partial charge in [-0.25, -0.2) is 9.78 Å². The van der Waals surface area contributed by atoms with Gasteiger partial charge in [0.15, 0.2) is 11.2 Å². The Kier molecular flexibility index (Phi) is 5.48. The Labute approximate surface area is 162 Å². The standard InChI is InChI=1S/C20H25N5O3/c1-14-5-7-16(8-6-14)9-10-24(15(2)26)11-12-25-13-21-18-17(25)19(27)23(4)20(28)22(18)3/h5-8,13H,9-12H2,1-4H3. The number of benzene rings is 1. The molecule has 0 aliphatic rings. The molecule has 0 radical (unpaired) electrons. The Hall–Kier alpha value is -3.16. The molecule has 0 bridgehead atoms. The van der Waals surface area contributed by atoms with Gasteiger partial charge in [0.1, 0.15) is 0 Å². The molecule has 3 rings (SSSR count). The van der Waals surface area contributed by atoms with Crippen LogP contribution in [0.5, 0.6) is 0 Å². The van der Waals surface area contributed by atoms with Crippen LogP contribution in [0.3, 0.4) is 0 Å². The maximum absolute atomic E-state index is 12.5. The summed E-state index contributed by atoms with van der Waals surface area (Å²) in [5.41, 5.74) is 2.30. The van der Waals surface area contributed by atoms with Crippen molar-refractivity contribution in [3.05, 3.63) is 62.6 Å². The van der Waals surface area contributed by atoms with E-state index in [9.17, 15) is 14.4 Å². The molecule has 0 saturated carbocycles. The lowest BCUT2D eigenvalue weighted by molar-refractivity contribution is -0.128. The van der Waals surface area contributed by atoms with Crippen molar-refractivity contribution in [1.29, 1.82) is 0 Å². The molecule has 1 aromatic carbocycles. The molecule has 0 atom stereocenters. The van der Waals surface area contributed by atoms with Gasteiger partial charge in [0, 0.05) is 40.7 Å². The molecule has 0 aliphatic carbocycles. The van der Waals surface area contributed by atoms with Crippen molar-refractivity contribution in [2.45, 2.75) is 26.8 Å². The first-order valence-electron chi connectivity index (χ1n) is 9.21. The number of aryl methyl sites for hydroxylation is 2. The van der Waals surface area contributed by atoms with Crippen LogP contribution in [-0.4, -0.2) is 42.6 Å². The zero-order valence-corrected chi connectivity index (χ0v) is 16.7. The predicted molar refractivity (Wildman–Crippen MR) is 107 cm³/mol. The quantitative estimate of drug-likeness (QED) is 0.631. The molecule has 3 aromatic rings. The Balaban J connectivity index is 1.77. The zero-order valence-electron chi connectivity index (χ0n) is 16.7. The lowest BCUT2D eigenvalue weighted by Crippen LogP contribution is -2.38. The van der Waals surface area contributed by atoms with E-state index in [2.05, 4.69) is 29.2 Å². The Morgan fingerprint density at radius 2 is 1.75 bits per heavy atom. The molecule has 0 fully saturated rings. The average molecular weight is 383 g/mol. The van der Waals surface area contributed by atoms with E-state index in [4.69, 9.17) is 0 Å². The molecule has 0 N–H and O–H groups in total. The highest BCUT2D eigenvalue weighted by Gasteiger charge is 2.15. The molecule has 2 aromatic heterocycles. The van der Waals surface area contributed by atoms with E-state index in [0.29, 0.717) is 30.8 Å². The van der Waals surface area contributed by atoms with Gasteiger partial charge in [0.05, 0.1) is 6.33 Å². The summed E-state index contributed by atoms with van der Waals surface area (Å²) < 4.78 is 4.13. The molecule has 28 heavy (non-hydrogen) atoms. The lowest BCUT2D eigenvalue weighted by atomic mass is 10.1. The fourth-order valence-corrected chi connectivity index (χ4v) is 3.24. The molecule has 2 heterocycles. The van der Waals surface area contributed by atoms with Crippen LogP contribution < -0.4 is 11.2 Å². The number of imidazole rings is 1. The highest BCUT2D eigenvalue weighted by Crippen LogP contribution is 2.08. The van der Waals surface area contributed by atoms with E-state index < -0.39 is 5.69 Å². The van der Waals surface area contributed by atoms with E-state index in [1.54, 1.807) is 29.8 Å². The van der Waals surface area contributed by atoms with Crippen LogP contribution in [0.25, 0.3) is 11.2 Å². The highest BCUT2D eigenvalue weighted by atomic mass is 16.2. The third-order valence-electron chi connectivity index (χ3n) is 5.06. The number of carbonyl (C=O) groups excluding carboxylic acids is 1. The molecule has 0 aliphatic heterocycles. The molecular formula is C20H25N5O3. The van der Waals surface area contributed by atoms with Crippen molar-refractivity contribution in [2.75, 3.05) is 13.1 Å². The van der Waals surface area contributed by atoms with Crippen molar-refractivity contribution in [3.8, 4) is 0 Å². The summed E-state index contributed by atoms with van der Waals surface area (Å²) >= 11 is 0. The van der Waals surface area contributed by atoms with E-state index in [-0.39, 0.29) is 11.5 Å². The monoisotopic (exact) mass is 383 g/mol. The first-order valence-corrected chi connectivity index (χ1v) is 9.21. The Morgan fingerprint density at radius 3 is 2.39 bits per heavy atom. The zero-order chi connectivity index (χ0) is 20.4. The van der Waals surface area contributed by atoms with Gasteiger partial charge in [0.2, 0.25) is 5.91 Å². The van der Waals surface area contributed by atoms with Crippen LogP contribution in [-0.2, 0) is 31.9 Å². The van der Waals surface area contributed by atoms with Crippen LogP contribution in [0.2, 0.25) is 0 Å². The third-order valence-corrected chi connectivity index (χ3v) is 5.06. The van der Waals surface area contributed by atoms with Crippen molar-refractivity contribution < 1.29 is 4.79 Å². The smallest absolute Gasteiger partial charge is 0.332 e. The summed E-state index contributed by atoms with van der Waals surface area (Å²) in [6.07, 6.45) is 2.31. The fourth-order valence-electron chi connectivity index (χ4n) is 3.24. The molecule has 0 unspecified atom stereocenters. The molecule has 8 nitrogen and oxygen atoms in total. The molecular weight excluding hydrogens is 358 g/mol. The van der Waals surface area contributed by atoms with Crippen LogP contribution in [0.1, 0.15) is 18.1 Å². The van der Waals surface area contributed by atoms with Crippen LogP contribution >= 0.6 is 0 Å². The van der Waals surface area contributed by atoms with Crippen LogP contribution in [0.4, 0.5) is 0 Å². The van der Waals surface area contributed by atoms with Crippen molar-refractivity contribution >= 4 is 17.1 Å². The second kappa shape index (κ2) is 7.84. The molecule has 1 amide bonds. The van der Waals surface area contributed by atoms with Gasteiger partial charge in [-0.05, 0) is 18.9 Å². The van der Waals surface area contributed by atoms with Crippen LogP contribution in [0.15, 0.2) is 40.2 Å². The first-order chi connectivity index (χ1) is 13.3. The number of hydrogen-bond acceptors (Lipinski definition) is 4.